The number of nitriles is 1. The number of nitrogens with zero attached hydrogens (tertiary/aromatic N) is 2. The van der Waals surface area contributed by atoms with Crippen LogP contribution in [-0.4, -0.2) is 37.6 Å². The van der Waals surface area contributed by atoms with Gasteiger partial charge in [0, 0.05) is 19.5 Å². The highest BCUT2D eigenvalue weighted by atomic mass is 16.5. The summed E-state index contributed by atoms with van der Waals surface area (Å²) in [6.45, 7) is 4.70. The van der Waals surface area contributed by atoms with Gasteiger partial charge in [-0.15, -0.1) is 0 Å². The highest BCUT2D eigenvalue weighted by molar-refractivity contribution is 5.73. The second-order valence-electron chi connectivity index (χ2n) is 4.13. The first-order valence-electron chi connectivity index (χ1n) is 5.36. The van der Waals surface area contributed by atoms with Crippen molar-refractivity contribution in [1.29, 1.82) is 5.26 Å². The standard InChI is InChI=1S/C11H18N2O2/c1-9-7-13(6-4-3-5-12)8-10(9)11(14)15-2/h9-10H,3-4,6-8H2,1-2H3. The van der Waals surface area contributed by atoms with Gasteiger partial charge in [0.2, 0.25) is 0 Å². The molecule has 4 heteroatoms. The second-order valence-corrected chi connectivity index (χ2v) is 4.13. The fourth-order valence-corrected chi connectivity index (χ4v) is 2.09. The number of rotatable bonds is 4. The van der Waals surface area contributed by atoms with Crippen molar-refractivity contribution in [3.05, 3.63) is 0 Å². The molecule has 0 bridgehead atoms. The highest BCUT2D eigenvalue weighted by Gasteiger charge is 2.34. The van der Waals surface area contributed by atoms with E-state index in [1.165, 1.54) is 7.11 Å². The molecule has 2 atom stereocenters. The van der Waals surface area contributed by atoms with Gasteiger partial charge in [0.1, 0.15) is 0 Å². The number of unbranched alkanes of at least 4 members (excludes halogenated alkanes) is 1. The maximum atomic E-state index is 11.4. The molecular formula is C11H18N2O2. The van der Waals surface area contributed by atoms with E-state index < -0.39 is 0 Å². The van der Waals surface area contributed by atoms with E-state index >= 15 is 0 Å². The molecule has 0 spiro atoms. The number of esters is 1. The van der Waals surface area contributed by atoms with E-state index in [2.05, 4.69) is 17.9 Å². The molecule has 1 saturated heterocycles. The van der Waals surface area contributed by atoms with Crippen LogP contribution in [-0.2, 0) is 9.53 Å². The van der Waals surface area contributed by atoms with Gasteiger partial charge in [-0.25, -0.2) is 0 Å². The molecule has 0 amide bonds. The fourth-order valence-electron chi connectivity index (χ4n) is 2.09. The Labute approximate surface area is 90.8 Å². The van der Waals surface area contributed by atoms with Crippen LogP contribution in [0.3, 0.4) is 0 Å². The van der Waals surface area contributed by atoms with Crippen LogP contribution in [0.1, 0.15) is 19.8 Å². The Hall–Kier alpha value is -1.08. The second kappa shape index (κ2) is 5.72. The number of carbonyl (C=O) groups is 1. The summed E-state index contributed by atoms with van der Waals surface area (Å²) in [6.07, 6.45) is 1.48. The number of hydrogen-bond acceptors (Lipinski definition) is 4. The number of hydrogen-bond donors (Lipinski definition) is 0. The van der Waals surface area contributed by atoms with Crippen molar-refractivity contribution in [2.75, 3.05) is 26.7 Å². The van der Waals surface area contributed by atoms with Crippen LogP contribution in [0, 0.1) is 23.2 Å². The van der Waals surface area contributed by atoms with Crippen LogP contribution in [0.25, 0.3) is 0 Å². The van der Waals surface area contributed by atoms with E-state index in [9.17, 15) is 4.79 Å². The molecule has 0 N–H and O–H groups in total. The summed E-state index contributed by atoms with van der Waals surface area (Å²) >= 11 is 0. The molecule has 1 aliphatic rings. The van der Waals surface area contributed by atoms with Gasteiger partial charge in [-0.1, -0.05) is 6.92 Å². The predicted octanol–water partition coefficient (Wildman–Crippen LogP) is 1.03. The zero-order valence-corrected chi connectivity index (χ0v) is 9.40. The minimum atomic E-state index is -0.106. The molecular weight excluding hydrogens is 192 g/mol. The summed E-state index contributed by atoms with van der Waals surface area (Å²) in [5.41, 5.74) is 0. The summed E-state index contributed by atoms with van der Waals surface area (Å²) in [5, 5.41) is 8.43. The average Bonchev–Trinajstić information content (AvgIpc) is 2.59. The lowest BCUT2D eigenvalue weighted by Gasteiger charge is -2.13. The first-order chi connectivity index (χ1) is 7.19. The van der Waals surface area contributed by atoms with Gasteiger partial charge in [0.25, 0.3) is 0 Å². The topological polar surface area (TPSA) is 53.3 Å². The van der Waals surface area contributed by atoms with Crippen molar-refractivity contribution in [2.24, 2.45) is 11.8 Å². The van der Waals surface area contributed by atoms with E-state index in [1.807, 2.05) is 0 Å². The van der Waals surface area contributed by atoms with Gasteiger partial charge in [-0.05, 0) is 18.9 Å². The lowest BCUT2D eigenvalue weighted by Crippen LogP contribution is -2.25. The first kappa shape index (κ1) is 12.0. The third kappa shape index (κ3) is 3.21. The lowest BCUT2D eigenvalue weighted by atomic mass is 9.99. The van der Waals surface area contributed by atoms with Crippen LogP contribution in [0.2, 0.25) is 0 Å². The van der Waals surface area contributed by atoms with Crippen LogP contribution in [0.15, 0.2) is 0 Å². The average molecular weight is 210 g/mol. The van der Waals surface area contributed by atoms with E-state index in [-0.39, 0.29) is 11.9 Å². The minimum absolute atomic E-state index is 0.0112. The molecule has 84 valence electrons. The number of likely N-dealkylation sites (tertiary alicyclic amines) is 1. The molecule has 1 rings (SSSR count). The number of methoxy groups -OCH3 is 1. The van der Waals surface area contributed by atoms with Crippen molar-refractivity contribution < 1.29 is 9.53 Å². The molecule has 0 aromatic rings. The van der Waals surface area contributed by atoms with Crippen LogP contribution < -0.4 is 0 Å². The predicted molar refractivity (Wildman–Crippen MR) is 56.0 cm³/mol. The van der Waals surface area contributed by atoms with Gasteiger partial charge >= 0.3 is 5.97 Å². The minimum Gasteiger partial charge on any atom is -0.469 e. The van der Waals surface area contributed by atoms with Gasteiger partial charge in [0.15, 0.2) is 0 Å². The molecule has 1 fully saturated rings. The van der Waals surface area contributed by atoms with Crippen molar-refractivity contribution in [1.82, 2.24) is 4.90 Å². The fraction of sp³-hybridized carbons (Fsp3) is 0.818. The first-order valence-corrected chi connectivity index (χ1v) is 5.36. The third-order valence-corrected chi connectivity index (χ3v) is 2.95. The summed E-state index contributed by atoms with van der Waals surface area (Å²) in [6, 6.07) is 2.13. The van der Waals surface area contributed by atoms with Crippen molar-refractivity contribution in [3.8, 4) is 6.07 Å². The summed E-state index contributed by atoms with van der Waals surface area (Å²) in [4.78, 5) is 13.6. The van der Waals surface area contributed by atoms with Crippen LogP contribution in [0.5, 0.6) is 0 Å². The quantitative estimate of drug-likeness (QED) is 0.513. The molecule has 1 aliphatic heterocycles. The van der Waals surface area contributed by atoms with E-state index in [4.69, 9.17) is 10.00 Å². The Kier molecular flexibility index (Phi) is 4.57. The van der Waals surface area contributed by atoms with Crippen molar-refractivity contribution in [2.45, 2.75) is 19.8 Å². The highest BCUT2D eigenvalue weighted by Crippen LogP contribution is 2.24. The van der Waals surface area contributed by atoms with Crippen LogP contribution >= 0.6 is 0 Å². The molecule has 1 heterocycles. The Morgan fingerprint density at radius 2 is 2.33 bits per heavy atom. The molecule has 0 aliphatic carbocycles. The summed E-state index contributed by atoms with van der Waals surface area (Å²) in [5.74, 6) is 0.266. The van der Waals surface area contributed by atoms with E-state index in [1.54, 1.807) is 0 Å². The summed E-state index contributed by atoms with van der Waals surface area (Å²) in [7, 11) is 1.44. The zero-order chi connectivity index (χ0) is 11.3. The number of ether oxygens (including phenoxy) is 1. The lowest BCUT2D eigenvalue weighted by molar-refractivity contribution is -0.146. The molecule has 0 saturated carbocycles. The van der Waals surface area contributed by atoms with E-state index in [0.717, 1.165) is 26.1 Å². The third-order valence-electron chi connectivity index (χ3n) is 2.95. The maximum Gasteiger partial charge on any atom is 0.310 e. The normalized spacial score (nSPS) is 26.2. The molecule has 15 heavy (non-hydrogen) atoms. The van der Waals surface area contributed by atoms with Crippen LogP contribution in [0.4, 0.5) is 0 Å². The van der Waals surface area contributed by atoms with Gasteiger partial charge in [-0.3, -0.25) is 4.79 Å². The van der Waals surface area contributed by atoms with Crippen molar-refractivity contribution in [3.63, 3.8) is 0 Å². The summed E-state index contributed by atoms with van der Waals surface area (Å²) < 4.78 is 4.76. The Morgan fingerprint density at radius 3 is 2.93 bits per heavy atom. The monoisotopic (exact) mass is 210 g/mol. The molecule has 0 aromatic carbocycles. The smallest absolute Gasteiger partial charge is 0.310 e. The van der Waals surface area contributed by atoms with Gasteiger partial charge in [0.05, 0.1) is 19.1 Å². The maximum absolute atomic E-state index is 11.4. The number of carbonyl (C=O) groups excluding carboxylic acids is 1. The molecule has 0 radical (unpaired) electrons. The molecule has 0 aromatic heterocycles. The van der Waals surface area contributed by atoms with E-state index in [0.29, 0.717) is 12.3 Å². The Bertz CT molecular complexity index is 260. The zero-order valence-electron chi connectivity index (χ0n) is 9.40. The van der Waals surface area contributed by atoms with Gasteiger partial charge in [-0.2, -0.15) is 5.26 Å². The molecule has 4 nitrogen and oxygen atoms in total. The largest absolute Gasteiger partial charge is 0.469 e. The Balaban J connectivity index is 2.35. The molecule has 2 unspecified atom stereocenters. The Morgan fingerprint density at radius 1 is 1.60 bits per heavy atom. The van der Waals surface area contributed by atoms with Crippen molar-refractivity contribution >= 4 is 5.97 Å². The SMILES string of the molecule is COC(=O)C1CN(CCCC#N)CC1C. The van der Waals surface area contributed by atoms with Gasteiger partial charge < -0.3 is 9.64 Å².